The summed E-state index contributed by atoms with van der Waals surface area (Å²) in [5.41, 5.74) is 3.95. The molecule has 1 aromatic carbocycles. The zero-order valence-electron chi connectivity index (χ0n) is 17.6. The summed E-state index contributed by atoms with van der Waals surface area (Å²) in [5.74, 6) is -0.779. The lowest BCUT2D eigenvalue weighted by atomic mass is 9.82. The summed E-state index contributed by atoms with van der Waals surface area (Å²) in [6, 6.07) is 11.6. The van der Waals surface area contributed by atoms with Crippen LogP contribution in [0.15, 0.2) is 41.8 Å². The average molecular weight is 441 g/mol. The standard InChI is InChI=1S/C23H28N4O3S/c1-2-16-8-10-17(11-9-16)20(18-7-6-14-31-18)24-15-19(28)26-27-21(29)23(25-22(27)30)12-4-3-5-13-23/h6-11,14,20,24H,2-5,12-13,15H2,1H3,(H,25,30)(H,26,28)/t20-/m0/s1. The summed E-state index contributed by atoms with van der Waals surface area (Å²) in [7, 11) is 0. The third-order valence-electron chi connectivity index (χ3n) is 6.12. The van der Waals surface area contributed by atoms with Gasteiger partial charge in [-0.05, 0) is 41.8 Å². The first-order chi connectivity index (χ1) is 15.0. The second kappa shape index (κ2) is 9.20. The number of rotatable bonds is 7. The van der Waals surface area contributed by atoms with Gasteiger partial charge in [-0.25, -0.2) is 4.79 Å². The first-order valence-corrected chi connectivity index (χ1v) is 11.7. The number of nitrogens with one attached hydrogen (secondary N) is 3. The minimum absolute atomic E-state index is 0.0256. The first kappa shape index (κ1) is 21.5. The molecule has 1 atom stereocenters. The molecule has 8 heteroatoms. The van der Waals surface area contributed by atoms with Gasteiger partial charge in [-0.3, -0.25) is 20.3 Å². The number of carbonyl (C=O) groups is 3. The highest BCUT2D eigenvalue weighted by atomic mass is 32.1. The van der Waals surface area contributed by atoms with E-state index in [1.807, 2.05) is 17.5 Å². The lowest BCUT2D eigenvalue weighted by Gasteiger charge is -2.30. The van der Waals surface area contributed by atoms with Gasteiger partial charge in [0.1, 0.15) is 5.54 Å². The number of hydrazine groups is 1. The van der Waals surface area contributed by atoms with Crippen LogP contribution < -0.4 is 16.1 Å². The summed E-state index contributed by atoms with van der Waals surface area (Å²) in [5, 5.41) is 8.94. The van der Waals surface area contributed by atoms with Crippen molar-refractivity contribution in [2.24, 2.45) is 0 Å². The predicted molar refractivity (Wildman–Crippen MR) is 119 cm³/mol. The minimum atomic E-state index is -0.851. The fraction of sp³-hybridized carbons (Fsp3) is 0.435. The van der Waals surface area contributed by atoms with Gasteiger partial charge >= 0.3 is 6.03 Å². The van der Waals surface area contributed by atoms with E-state index in [-0.39, 0.29) is 18.5 Å². The van der Waals surface area contributed by atoms with Crippen LogP contribution in [0.3, 0.4) is 0 Å². The number of hydrogen-bond donors (Lipinski definition) is 3. The molecule has 7 nitrogen and oxygen atoms in total. The molecule has 164 valence electrons. The molecule has 1 aromatic heterocycles. The Balaban J connectivity index is 1.41. The second-order valence-electron chi connectivity index (χ2n) is 8.17. The number of hydrogen-bond acceptors (Lipinski definition) is 5. The normalized spacial score (nSPS) is 18.8. The maximum atomic E-state index is 12.8. The monoisotopic (exact) mass is 440 g/mol. The summed E-state index contributed by atoms with van der Waals surface area (Å²) in [6.07, 6.45) is 5.06. The van der Waals surface area contributed by atoms with E-state index in [1.54, 1.807) is 11.3 Å². The number of nitrogens with zero attached hydrogens (tertiary/aromatic N) is 1. The van der Waals surface area contributed by atoms with Crippen molar-refractivity contribution in [2.45, 2.75) is 57.0 Å². The van der Waals surface area contributed by atoms with E-state index >= 15 is 0 Å². The molecule has 4 rings (SSSR count). The largest absolute Gasteiger partial charge is 0.344 e. The molecule has 2 aromatic rings. The van der Waals surface area contributed by atoms with Crippen LogP contribution in [0.1, 0.15) is 61.1 Å². The molecule has 0 bridgehead atoms. The van der Waals surface area contributed by atoms with E-state index in [0.717, 1.165) is 41.1 Å². The highest BCUT2D eigenvalue weighted by Gasteiger charge is 2.52. The van der Waals surface area contributed by atoms with E-state index in [4.69, 9.17) is 0 Å². The zero-order chi connectivity index (χ0) is 21.8. The van der Waals surface area contributed by atoms with E-state index in [1.165, 1.54) is 5.56 Å². The molecule has 1 spiro atoms. The third kappa shape index (κ3) is 4.50. The number of benzene rings is 1. The molecule has 1 saturated carbocycles. The molecule has 2 aliphatic rings. The number of imide groups is 1. The van der Waals surface area contributed by atoms with Crippen molar-refractivity contribution in [3.63, 3.8) is 0 Å². The number of urea groups is 1. The average Bonchev–Trinajstić information content (AvgIpc) is 3.39. The maximum Gasteiger partial charge on any atom is 0.344 e. The topological polar surface area (TPSA) is 90.5 Å². The Morgan fingerprint density at radius 1 is 1.16 bits per heavy atom. The summed E-state index contributed by atoms with van der Waals surface area (Å²) >= 11 is 1.61. The Hall–Kier alpha value is -2.71. The molecular formula is C23H28N4O3S. The second-order valence-corrected chi connectivity index (χ2v) is 9.15. The van der Waals surface area contributed by atoms with Crippen LogP contribution in [-0.2, 0) is 16.0 Å². The highest BCUT2D eigenvalue weighted by molar-refractivity contribution is 7.10. The van der Waals surface area contributed by atoms with Crippen molar-refractivity contribution in [3.05, 3.63) is 57.8 Å². The Labute approximate surface area is 186 Å². The van der Waals surface area contributed by atoms with Crippen LogP contribution in [0.4, 0.5) is 4.79 Å². The van der Waals surface area contributed by atoms with Gasteiger partial charge in [0, 0.05) is 4.88 Å². The summed E-state index contributed by atoms with van der Waals surface area (Å²) in [6.45, 7) is 2.09. The molecule has 1 aliphatic heterocycles. The molecule has 1 aliphatic carbocycles. The number of amides is 4. The minimum Gasteiger partial charge on any atom is -0.322 e. The van der Waals surface area contributed by atoms with E-state index in [2.05, 4.69) is 47.2 Å². The van der Waals surface area contributed by atoms with Crippen LogP contribution in [-0.4, -0.2) is 34.9 Å². The van der Waals surface area contributed by atoms with Crippen molar-refractivity contribution in [2.75, 3.05) is 6.54 Å². The van der Waals surface area contributed by atoms with Crippen LogP contribution in [0, 0.1) is 0 Å². The van der Waals surface area contributed by atoms with Gasteiger partial charge in [0.2, 0.25) is 0 Å². The van der Waals surface area contributed by atoms with Crippen LogP contribution in [0.2, 0.25) is 0 Å². The Bertz CT molecular complexity index is 936. The van der Waals surface area contributed by atoms with Crippen molar-refractivity contribution >= 4 is 29.2 Å². The lowest BCUT2D eigenvalue weighted by Crippen LogP contribution is -2.52. The molecule has 0 radical (unpaired) electrons. The fourth-order valence-corrected chi connectivity index (χ4v) is 5.19. The van der Waals surface area contributed by atoms with Crippen molar-refractivity contribution in [3.8, 4) is 0 Å². The van der Waals surface area contributed by atoms with E-state index in [0.29, 0.717) is 12.8 Å². The van der Waals surface area contributed by atoms with Gasteiger partial charge in [0.15, 0.2) is 0 Å². The van der Waals surface area contributed by atoms with Crippen molar-refractivity contribution in [1.29, 1.82) is 0 Å². The molecule has 2 heterocycles. The van der Waals surface area contributed by atoms with Crippen LogP contribution >= 0.6 is 11.3 Å². The Morgan fingerprint density at radius 3 is 2.55 bits per heavy atom. The SMILES string of the molecule is CCc1ccc([C@H](NCC(=O)NN2C(=O)NC3(CCCCC3)C2=O)c2cccs2)cc1. The smallest absolute Gasteiger partial charge is 0.322 e. The van der Waals surface area contributed by atoms with Gasteiger partial charge in [0.25, 0.3) is 11.8 Å². The first-order valence-electron chi connectivity index (χ1n) is 10.8. The maximum absolute atomic E-state index is 12.8. The molecule has 1 saturated heterocycles. The van der Waals surface area contributed by atoms with Crippen molar-refractivity contribution < 1.29 is 14.4 Å². The van der Waals surface area contributed by atoms with Crippen LogP contribution in [0.5, 0.6) is 0 Å². The predicted octanol–water partition coefficient (Wildman–Crippen LogP) is 3.28. The van der Waals surface area contributed by atoms with Gasteiger partial charge in [-0.2, -0.15) is 5.01 Å². The van der Waals surface area contributed by atoms with Crippen molar-refractivity contribution in [1.82, 2.24) is 21.1 Å². The number of aryl methyl sites for hydroxylation is 1. The van der Waals surface area contributed by atoms with E-state index in [9.17, 15) is 14.4 Å². The highest BCUT2D eigenvalue weighted by Crippen LogP contribution is 2.33. The zero-order valence-corrected chi connectivity index (χ0v) is 18.5. The Morgan fingerprint density at radius 2 is 1.90 bits per heavy atom. The summed E-state index contributed by atoms with van der Waals surface area (Å²) < 4.78 is 0. The van der Waals surface area contributed by atoms with Gasteiger partial charge in [-0.1, -0.05) is 56.5 Å². The molecule has 2 fully saturated rings. The van der Waals surface area contributed by atoms with Crippen LogP contribution in [0.25, 0.3) is 0 Å². The third-order valence-corrected chi connectivity index (χ3v) is 7.06. The lowest BCUT2D eigenvalue weighted by molar-refractivity contribution is -0.139. The van der Waals surface area contributed by atoms with Gasteiger partial charge in [-0.15, -0.1) is 11.3 Å². The summed E-state index contributed by atoms with van der Waals surface area (Å²) in [4.78, 5) is 38.9. The number of carbonyl (C=O) groups excluding carboxylic acids is 3. The van der Waals surface area contributed by atoms with E-state index < -0.39 is 17.5 Å². The quantitative estimate of drug-likeness (QED) is 0.577. The fourth-order valence-electron chi connectivity index (χ4n) is 4.36. The molecule has 0 unspecified atom stereocenters. The molecule has 3 N–H and O–H groups in total. The Kier molecular flexibility index (Phi) is 6.38. The molecule has 4 amide bonds. The molecule has 31 heavy (non-hydrogen) atoms. The molecular weight excluding hydrogens is 412 g/mol. The van der Waals surface area contributed by atoms with Gasteiger partial charge < -0.3 is 5.32 Å². The van der Waals surface area contributed by atoms with Gasteiger partial charge in [0.05, 0.1) is 12.6 Å². The number of thiophene rings is 1.